The highest BCUT2D eigenvalue weighted by molar-refractivity contribution is 6.31. The molecule has 2 aliphatic rings. The maximum absolute atomic E-state index is 5.98. The van der Waals surface area contributed by atoms with Crippen molar-refractivity contribution in [2.75, 3.05) is 29.9 Å². The Morgan fingerprint density at radius 1 is 1.40 bits per heavy atom. The summed E-state index contributed by atoms with van der Waals surface area (Å²) >= 11 is 5.98. The maximum atomic E-state index is 5.98. The number of benzene rings is 1. The van der Waals surface area contributed by atoms with E-state index in [-0.39, 0.29) is 0 Å². The van der Waals surface area contributed by atoms with E-state index >= 15 is 0 Å². The molecule has 0 atom stereocenters. The summed E-state index contributed by atoms with van der Waals surface area (Å²) in [6, 6.07) is 6.13. The van der Waals surface area contributed by atoms with Gasteiger partial charge in [-0.2, -0.15) is 0 Å². The highest BCUT2D eigenvalue weighted by Crippen LogP contribution is 2.36. The molecule has 1 fully saturated rings. The summed E-state index contributed by atoms with van der Waals surface area (Å²) in [7, 11) is 0. The zero-order valence-electron chi connectivity index (χ0n) is 8.67. The first-order valence-corrected chi connectivity index (χ1v) is 5.99. The molecule has 1 heterocycles. The molecule has 1 aliphatic carbocycles. The van der Waals surface area contributed by atoms with Crippen molar-refractivity contribution >= 4 is 23.0 Å². The average Bonchev–Trinajstić information content (AvgIpc) is 3.01. The van der Waals surface area contributed by atoms with Crippen molar-refractivity contribution < 1.29 is 0 Å². The molecule has 0 spiro atoms. The van der Waals surface area contributed by atoms with E-state index < -0.39 is 0 Å². The van der Waals surface area contributed by atoms with Crippen LogP contribution in [0.5, 0.6) is 0 Å². The molecule has 1 aliphatic heterocycles. The van der Waals surface area contributed by atoms with Gasteiger partial charge in [0.2, 0.25) is 0 Å². The Balaban J connectivity index is 1.87. The highest BCUT2D eigenvalue weighted by atomic mass is 35.5. The molecule has 1 aromatic rings. The van der Waals surface area contributed by atoms with Gasteiger partial charge in [0.05, 0.1) is 11.4 Å². The number of fused-ring (bicyclic) bond motifs is 1. The second kappa shape index (κ2) is 3.60. The van der Waals surface area contributed by atoms with Crippen LogP contribution in [0.25, 0.3) is 0 Å². The summed E-state index contributed by atoms with van der Waals surface area (Å²) in [5.74, 6) is 0.937. The number of nitrogens with one attached hydrogen (secondary N) is 1. The minimum Gasteiger partial charge on any atom is -0.382 e. The van der Waals surface area contributed by atoms with E-state index in [1.54, 1.807) is 0 Å². The molecular formula is C12H15ClN2. The quantitative estimate of drug-likeness (QED) is 0.828. The maximum Gasteiger partial charge on any atom is 0.0603 e. The molecule has 2 nitrogen and oxygen atoms in total. The van der Waals surface area contributed by atoms with Crippen molar-refractivity contribution in [1.82, 2.24) is 0 Å². The minimum atomic E-state index is 0.814. The second-order valence-corrected chi connectivity index (χ2v) is 4.91. The largest absolute Gasteiger partial charge is 0.382 e. The van der Waals surface area contributed by atoms with E-state index in [0.717, 1.165) is 24.0 Å². The average molecular weight is 223 g/mol. The molecular weight excluding hydrogens is 208 g/mol. The van der Waals surface area contributed by atoms with Crippen molar-refractivity contribution in [2.45, 2.75) is 12.8 Å². The van der Waals surface area contributed by atoms with E-state index in [1.165, 1.54) is 30.8 Å². The third-order valence-electron chi connectivity index (χ3n) is 3.17. The lowest BCUT2D eigenvalue weighted by Gasteiger charge is -2.32. The monoisotopic (exact) mass is 222 g/mol. The van der Waals surface area contributed by atoms with Crippen molar-refractivity contribution in [3.05, 3.63) is 23.2 Å². The summed E-state index contributed by atoms with van der Waals surface area (Å²) in [5.41, 5.74) is 2.51. The molecule has 1 saturated carbocycles. The number of hydrogen-bond acceptors (Lipinski definition) is 2. The molecule has 0 aromatic heterocycles. The first kappa shape index (κ1) is 9.34. The fraction of sp³-hybridized carbons (Fsp3) is 0.500. The summed E-state index contributed by atoms with van der Waals surface area (Å²) in [4.78, 5) is 2.49. The van der Waals surface area contributed by atoms with Crippen LogP contribution in [0.1, 0.15) is 12.8 Å². The standard InChI is InChI=1S/C12H15ClN2/c13-10-3-4-12-11(7-10)14-5-6-15(12)8-9-1-2-9/h3-4,7,9,14H,1-2,5-6,8H2. The van der Waals surface area contributed by atoms with E-state index in [4.69, 9.17) is 11.6 Å². The Morgan fingerprint density at radius 3 is 3.07 bits per heavy atom. The van der Waals surface area contributed by atoms with Crippen molar-refractivity contribution in [2.24, 2.45) is 5.92 Å². The lowest BCUT2D eigenvalue weighted by atomic mass is 10.2. The lowest BCUT2D eigenvalue weighted by Crippen LogP contribution is -2.35. The third kappa shape index (κ3) is 1.91. The fourth-order valence-electron chi connectivity index (χ4n) is 2.17. The molecule has 3 heteroatoms. The van der Waals surface area contributed by atoms with Gasteiger partial charge in [-0.3, -0.25) is 0 Å². The number of rotatable bonds is 2. The lowest BCUT2D eigenvalue weighted by molar-refractivity contribution is 0.719. The van der Waals surface area contributed by atoms with Gasteiger partial charge < -0.3 is 10.2 Å². The van der Waals surface area contributed by atoms with Crippen LogP contribution >= 0.6 is 11.6 Å². The second-order valence-electron chi connectivity index (χ2n) is 4.48. The predicted octanol–water partition coefficient (Wildman–Crippen LogP) is 2.98. The van der Waals surface area contributed by atoms with Crippen LogP contribution in [0.15, 0.2) is 18.2 Å². The van der Waals surface area contributed by atoms with Gasteiger partial charge in [0.1, 0.15) is 0 Å². The Morgan fingerprint density at radius 2 is 2.27 bits per heavy atom. The first-order valence-electron chi connectivity index (χ1n) is 5.61. The molecule has 0 unspecified atom stereocenters. The van der Waals surface area contributed by atoms with Crippen LogP contribution < -0.4 is 10.2 Å². The van der Waals surface area contributed by atoms with Gasteiger partial charge in [-0.15, -0.1) is 0 Å². The van der Waals surface area contributed by atoms with Crippen LogP contribution in [-0.4, -0.2) is 19.6 Å². The smallest absolute Gasteiger partial charge is 0.0603 e. The number of nitrogens with zero attached hydrogens (tertiary/aromatic N) is 1. The van der Waals surface area contributed by atoms with E-state index in [9.17, 15) is 0 Å². The molecule has 1 aromatic carbocycles. The van der Waals surface area contributed by atoms with Gasteiger partial charge in [-0.05, 0) is 37.0 Å². The fourth-order valence-corrected chi connectivity index (χ4v) is 2.35. The SMILES string of the molecule is Clc1ccc2c(c1)NCCN2CC1CC1. The van der Waals surface area contributed by atoms with E-state index in [0.29, 0.717) is 0 Å². The normalized spacial score (nSPS) is 19.7. The molecule has 80 valence electrons. The van der Waals surface area contributed by atoms with E-state index in [1.807, 2.05) is 12.1 Å². The summed E-state index contributed by atoms with van der Waals surface area (Å²) in [6.45, 7) is 3.36. The molecule has 0 bridgehead atoms. The van der Waals surface area contributed by atoms with Crippen molar-refractivity contribution in [3.8, 4) is 0 Å². The zero-order chi connectivity index (χ0) is 10.3. The van der Waals surface area contributed by atoms with Crippen LogP contribution in [0.4, 0.5) is 11.4 Å². The Labute approximate surface area is 95.2 Å². The summed E-state index contributed by atoms with van der Waals surface area (Å²) in [6.07, 6.45) is 2.82. The minimum absolute atomic E-state index is 0.814. The topological polar surface area (TPSA) is 15.3 Å². The van der Waals surface area contributed by atoms with Gasteiger partial charge in [0.25, 0.3) is 0 Å². The van der Waals surface area contributed by atoms with Crippen LogP contribution in [-0.2, 0) is 0 Å². The zero-order valence-corrected chi connectivity index (χ0v) is 9.43. The predicted molar refractivity (Wildman–Crippen MR) is 64.9 cm³/mol. The summed E-state index contributed by atoms with van der Waals surface area (Å²) < 4.78 is 0. The Kier molecular flexibility index (Phi) is 2.24. The Hall–Kier alpha value is -0.890. The van der Waals surface area contributed by atoms with Crippen LogP contribution in [0.3, 0.4) is 0 Å². The number of hydrogen-bond donors (Lipinski definition) is 1. The number of halogens is 1. The van der Waals surface area contributed by atoms with E-state index in [2.05, 4.69) is 16.3 Å². The van der Waals surface area contributed by atoms with Crippen molar-refractivity contribution in [1.29, 1.82) is 0 Å². The van der Waals surface area contributed by atoms with Crippen LogP contribution in [0, 0.1) is 5.92 Å². The van der Waals surface area contributed by atoms with Gasteiger partial charge in [0.15, 0.2) is 0 Å². The van der Waals surface area contributed by atoms with Gasteiger partial charge in [0, 0.05) is 24.7 Å². The van der Waals surface area contributed by atoms with Gasteiger partial charge >= 0.3 is 0 Å². The Bertz CT molecular complexity index is 374. The van der Waals surface area contributed by atoms with Crippen molar-refractivity contribution in [3.63, 3.8) is 0 Å². The van der Waals surface area contributed by atoms with Gasteiger partial charge in [-0.1, -0.05) is 11.6 Å². The highest BCUT2D eigenvalue weighted by Gasteiger charge is 2.26. The molecule has 1 N–H and O–H groups in total. The molecule has 15 heavy (non-hydrogen) atoms. The molecule has 0 radical (unpaired) electrons. The van der Waals surface area contributed by atoms with Crippen LogP contribution in [0.2, 0.25) is 5.02 Å². The molecule has 0 saturated heterocycles. The van der Waals surface area contributed by atoms with Gasteiger partial charge in [-0.25, -0.2) is 0 Å². The third-order valence-corrected chi connectivity index (χ3v) is 3.41. The first-order chi connectivity index (χ1) is 7.33. The number of anilines is 2. The molecule has 3 rings (SSSR count). The molecule has 0 amide bonds. The summed E-state index contributed by atoms with van der Waals surface area (Å²) in [5, 5.41) is 4.22.